The second kappa shape index (κ2) is 11.3. The van der Waals surface area contributed by atoms with Gasteiger partial charge in [0.15, 0.2) is 0 Å². The van der Waals surface area contributed by atoms with Crippen molar-refractivity contribution in [1.82, 2.24) is 20.6 Å². The number of phenols is 1. The minimum Gasteiger partial charge on any atom is -0.506 e. The Morgan fingerprint density at radius 3 is 2.70 bits per heavy atom. The summed E-state index contributed by atoms with van der Waals surface area (Å²) in [7, 11) is 0. The number of aromatic nitrogens is 2. The van der Waals surface area contributed by atoms with Crippen molar-refractivity contribution in [3.05, 3.63) is 98.3 Å². The molecule has 7 nitrogen and oxygen atoms in total. The van der Waals surface area contributed by atoms with Gasteiger partial charge in [0.2, 0.25) is 0 Å². The Labute approximate surface area is 219 Å². The van der Waals surface area contributed by atoms with Gasteiger partial charge in [-0.2, -0.15) is 0 Å². The number of H-pyrrole nitrogens is 2. The fourth-order valence-electron chi connectivity index (χ4n) is 4.82. The van der Waals surface area contributed by atoms with Crippen LogP contribution in [0.25, 0.3) is 21.1 Å². The zero-order valence-corrected chi connectivity index (χ0v) is 21.6. The van der Waals surface area contributed by atoms with Crippen LogP contribution in [-0.2, 0) is 25.8 Å². The van der Waals surface area contributed by atoms with E-state index in [1.54, 1.807) is 12.1 Å². The lowest BCUT2D eigenvalue weighted by Gasteiger charge is -2.14. The average Bonchev–Trinajstić information content (AvgIpc) is 3.49. The molecule has 8 heteroatoms. The third kappa shape index (κ3) is 5.94. The summed E-state index contributed by atoms with van der Waals surface area (Å²) in [6.45, 7) is 4.47. The van der Waals surface area contributed by atoms with Crippen molar-refractivity contribution in [2.45, 2.75) is 39.0 Å². The van der Waals surface area contributed by atoms with Gasteiger partial charge >= 0.3 is 4.87 Å². The van der Waals surface area contributed by atoms with Gasteiger partial charge in [-0.25, -0.2) is 0 Å². The van der Waals surface area contributed by atoms with Crippen molar-refractivity contribution in [3.8, 4) is 5.75 Å². The largest absolute Gasteiger partial charge is 0.506 e. The molecule has 0 radical (unpaired) electrons. The first-order valence-corrected chi connectivity index (χ1v) is 13.4. The molecule has 0 amide bonds. The minimum absolute atomic E-state index is 0.0435. The third-order valence-electron chi connectivity index (χ3n) is 6.75. The highest BCUT2D eigenvalue weighted by atomic mass is 32.1. The monoisotopic (exact) mass is 516 g/mol. The van der Waals surface area contributed by atoms with E-state index in [1.165, 1.54) is 33.2 Å². The lowest BCUT2D eigenvalue weighted by molar-refractivity contribution is 0.138. The summed E-state index contributed by atoms with van der Waals surface area (Å²) in [6, 6.07) is 18.2. The number of fused-ring (bicyclic) bond motifs is 2. The fraction of sp³-hybridized carbons (Fsp3) is 0.276. The molecule has 6 N–H and O–H groups in total. The number of aryl methyl sites for hydroxylation is 1. The molecular formula is C29H32N4O3S. The number of aliphatic hydroxyl groups excluding tert-OH is 1. The molecule has 37 heavy (non-hydrogen) atoms. The Morgan fingerprint density at radius 1 is 0.973 bits per heavy atom. The lowest BCUT2D eigenvalue weighted by Crippen LogP contribution is -2.32. The maximum atomic E-state index is 11.7. The van der Waals surface area contributed by atoms with Crippen LogP contribution in [0.1, 0.15) is 27.8 Å². The maximum Gasteiger partial charge on any atom is 0.305 e. The van der Waals surface area contributed by atoms with Gasteiger partial charge in [0.25, 0.3) is 0 Å². The van der Waals surface area contributed by atoms with E-state index in [1.807, 2.05) is 0 Å². The maximum absolute atomic E-state index is 11.7. The number of hydrogen-bond donors (Lipinski definition) is 6. The molecule has 2 aromatic heterocycles. The predicted octanol–water partition coefficient (Wildman–Crippen LogP) is 4.11. The summed E-state index contributed by atoms with van der Waals surface area (Å²) < 4.78 is 0.686. The van der Waals surface area contributed by atoms with Crippen LogP contribution in [0.5, 0.6) is 5.75 Å². The Kier molecular flexibility index (Phi) is 7.71. The van der Waals surface area contributed by atoms with E-state index in [2.05, 4.69) is 76.2 Å². The highest BCUT2D eigenvalue weighted by Crippen LogP contribution is 2.28. The van der Waals surface area contributed by atoms with Gasteiger partial charge in [-0.3, -0.25) is 10.1 Å². The van der Waals surface area contributed by atoms with E-state index in [0.717, 1.165) is 42.8 Å². The van der Waals surface area contributed by atoms with Crippen LogP contribution in [0.2, 0.25) is 0 Å². The van der Waals surface area contributed by atoms with E-state index in [9.17, 15) is 15.0 Å². The summed E-state index contributed by atoms with van der Waals surface area (Å²) in [5.74, 6) is 0.0435. The minimum atomic E-state index is -0.747. The topological polar surface area (TPSA) is 113 Å². The van der Waals surface area contributed by atoms with Crippen LogP contribution in [0.15, 0.2) is 65.6 Å². The summed E-state index contributed by atoms with van der Waals surface area (Å²) >= 11 is 1.05. The molecule has 0 aliphatic heterocycles. The number of phenolic OH excluding ortho intramolecular Hbond substituents is 1. The smallest absolute Gasteiger partial charge is 0.305 e. The van der Waals surface area contributed by atoms with Gasteiger partial charge in [-0.15, -0.1) is 0 Å². The van der Waals surface area contributed by atoms with Gasteiger partial charge in [0, 0.05) is 36.6 Å². The number of aromatic hydroxyl groups is 1. The van der Waals surface area contributed by atoms with Crippen LogP contribution in [0, 0.1) is 6.92 Å². The second-order valence-electron chi connectivity index (χ2n) is 9.44. The molecule has 3 aromatic carbocycles. The average molecular weight is 517 g/mol. The van der Waals surface area contributed by atoms with Gasteiger partial charge in [-0.1, -0.05) is 59.9 Å². The number of para-hydroxylation sites is 1. The van der Waals surface area contributed by atoms with E-state index >= 15 is 0 Å². The SMILES string of the molecule is Cc1cccc2c(CCNCc3cccc(CCNC(O)Cc4ccc(O)c5[nH]c(=O)sc45)c3)c[nH]c12. The molecule has 0 aliphatic rings. The first-order chi connectivity index (χ1) is 18.0. The van der Waals surface area contributed by atoms with Gasteiger partial charge in [0.05, 0.1) is 4.70 Å². The third-order valence-corrected chi connectivity index (χ3v) is 7.70. The Morgan fingerprint density at radius 2 is 1.81 bits per heavy atom. The Balaban J connectivity index is 1.08. The van der Waals surface area contributed by atoms with Crippen molar-refractivity contribution < 1.29 is 10.2 Å². The van der Waals surface area contributed by atoms with E-state index < -0.39 is 6.23 Å². The number of thiazole rings is 1. The molecule has 0 bridgehead atoms. The summed E-state index contributed by atoms with van der Waals surface area (Å²) in [6.07, 6.45) is 3.49. The standard InChI is InChI=1S/C29H32N4O3S/c1-18-4-2-7-23-22(17-32-26(18)23)11-12-30-16-20-6-3-5-19(14-20)10-13-31-25(35)15-21-8-9-24(34)27-28(21)37-29(36)33-27/h2-9,14,17,25,30-32,34-35H,10-13,15-16H2,1H3,(H,33,36). The van der Waals surface area contributed by atoms with Gasteiger partial charge in [-0.05, 0) is 60.2 Å². The Bertz CT molecular complexity index is 1570. The number of hydrogen-bond acceptors (Lipinski definition) is 6. The van der Waals surface area contributed by atoms with Crippen molar-refractivity contribution in [3.63, 3.8) is 0 Å². The van der Waals surface area contributed by atoms with Gasteiger partial charge < -0.3 is 25.5 Å². The summed E-state index contributed by atoms with van der Waals surface area (Å²) in [5, 5.41) is 28.5. The Hall–Kier alpha value is -3.43. The number of aromatic amines is 2. The summed E-state index contributed by atoms with van der Waals surface area (Å²) in [5.41, 5.74) is 7.54. The van der Waals surface area contributed by atoms with Crippen molar-refractivity contribution in [2.24, 2.45) is 0 Å². The zero-order valence-electron chi connectivity index (χ0n) is 20.8. The van der Waals surface area contributed by atoms with Crippen LogP contribution in [0.3, 0.4) is 0 Å². The van der Waals surface area contributed by atoms with E-state index in [0.29, 0.717) is 23.2 Å². The highest BCUT2D eigenvalue weighted by molar-refractivity contribution is 7.16. The molecule has 5 rings (SSSR count). The molecule has 0 saturated heterocycles. The molecular weight excluding hydrogens is 484 g/mol. The predicted molar refractivity (Wildman–Crippen MR) is 150 cm³/mol. The van der Waals surface area contributed by atoms with Crippen LogP contribution < -0.4 is 15.5 Å². The number of aliphatic hydroxyl groups is 1. The molecule has 0 aliphatic carbocycles. The molecule has 0 fully saturated rings. The van der Waals surface area contributed by atoms with E-state index in [4.69, 9.17) is 0 Å². The molecule has 2 heterocycles. The summed E-state index contributed by atoms with van der Waals surface area (Å²) in [4.78, 5) is 17.5. The van der Waals surface area contributed by atoms with Crippen LogP contribution in [0.4, 0.5) is 0 Å². The van der Waals surface area contributed by atoms with Crippen LogP contribution >= 0.6 is 11.3 Å². The lowest BCUT2D eigenvalue weighted by atomic mass is 10.1. The molecule has 1 unspecified atom stereocenters. The quantitative estimate of drug-likeness (QED) is 0.117. The van der Waals surface area contributed by atoms with Gasteiger partial charge in [0.1, 0.15) is 17.5 Å². The van der Waals surface area contributed by atoms with E-state index in [-0.39, 0.29) is 10.6 Å². The first kappa shape index (κ1) is 25.2. The molecule has 192 valence electrons. The number of nitrogens with one attached hydrogen (secondary N) is 4. The van der Waals surface area contributed by atoms with Crippen molar-refractivity contribution in [2.75, 3.05) is 13.1 Å². The zero-order chi connectivity index (χ0) is 25.8. The first-order valence-electron chi connectivity index (χ1n) is 12.6. The molecule has 0 spiro atoms. The molecule has 0 saturated carbocycles. The molecule has 1 atom stereocenters. The normalized spacial score (nSPS) is 12.5. The highest BCUT2D eigenvalue weighted by Gasteiger charge is 2.13. The number of benzene rings is 3. The number of rotatable bonds is 11. The fourth-order valence-corrected chi connectivity index (χ4v) is 5.70. The van der Waals surface area contributed by atoms with Crippen LogP contribution in [-0.4, -0.2) is 39.5 Å². The van der Waals surface area contributed by atoms with Crippen molar-refractivity contribution >= 4 is 32.5 Å². The second-order valence-corrected chi connectivity index (χ2v) is 10.4. The molecule has 5 aromatic rings. The van der Waals surface area contributed by atoms with Crippen molar-refractivity contribution in [1.29, 1.82) is 0 Å².